The SMILES string of the molecule is COC1(CNC(=O)N2CCC(CCC(=O)O)CC2)CCC1. The number of carboxylic acid groups (broad SMARTS) is 1. The van der Waals surface area contributed by atoms with Gasteiger partial charge in [-0.05, 0) is 44.4 Å². The Morgan fingerprint density at radius 2 is 2.00 bits per heavy atom. The Kier molecular flexibility index (Phi) is 5.45. The molecule has 0 unspecified atom stereocenters. The Bertz CT molecular complexity index is 368. The van der Waals surface area contributed by atoms with Gasteiger partial charge in [-0.25, -0.2) is 4.79 Å². The highest BCUT2D eigenvalue weighted by molar-refractivity contribution is 5.74. The molecule has 2 N–H and O–H groups in total. The van der Waals surface area contributed by atoms with E-state index in [9.17, 15) is 9.59 Å². The number of hydrogen-bond acceptors (Lipinski definition) is 3. The van der Waals surface area contributed by atoms with Gasteiger partial charge in [-0.1, -0.05) is 0 Å². The van der Waals surface area contributed by atoms with Crippen LogP contribution in [0, 0.1) is 5.92 Å². The van der Waals surface area contributed by atoms with Crippen molar-refractivity contribution in [3.63, 3.8) is 0 Å². The maximum Gasteiger partial charge on any atom is 0.317 e. The highest BCUT2D eigenvalue weighted by Gasteiger charge is 2.37. The van der Waals surface area contributed by atoms with Gasteiger partial charge in [0.25, 0.3) is 0 Å². The number of nitrogens with one attached hydrogen (secondary N) is 1. The van der Waals surface area contributed by atoms with Gasteiger partial charge in [-0.3, -0.25) is 4.79 Å². The molecule has 6 heteroatoms. The number of piperidine rings is 1. The molecule has 0 bridgehead atoms. The van der Waals surface area contributed by atoms with Crippen molar-refractivity contribution in [1.29, 1.82) is 0 Å². The first-order valence-corrected chi connectivity index (χ1v) is 7.84. The van der Waals surface area contributed by atoms with E-state index in [0.717, 1.165) is 45.2 Å². The Hall–Kier alpha value is -1.30. The van der Waals surface area contributed by atoms with E-state index in [2.05, 4.69) is 5.32 Å². The van der Waals surface area contributed by atoms with Crippen molar-refractivity contribution in [3.05, 3.63) is 0 Å². The summed E-state index contributed by atoms with van der Waals surface area (Å²) in [4.78, 5) is 24.5. The fraction of sp³-hybridized carbons (Fsp3) is 0.867. The highest BCUT2D eigenvalue weighted by Crippen LogP contribution is 2.34. The molecular weight excluding hydrogens is 272 g/mol. The lowest BCUT2D eigenvalue weighted by Gasteiger charge is -2.41. The van der Waals surface area contributed by atoms with Crippen LogP contribution in [-0.2, 0) is 9.53 Å². The van der Waals surface area contributed by atoms with Gasteiger partial charge in [0.1, 0.15) is 0 Å². The number of methoxy groups -OCH3 is 1. The van der Waals surface area contributed by atoms with Crippen molar-refractivity contribution in [3.8, 4) is 0 Å². The van der Waals surface area contributed by atoms with E-state index in [1.54, 1.807) is 7.11 Å². The van der Waals surface area contributed by atoms with Crippen LogP contribution in [0.2, 0.25) is 0 Å². The molecule has 120 valence electrons. The molecular formula is C15H26N2O4. The first kappa shape index (κ1) is 16.1. The Balaban J connectivity index is 1.67. The Morgan fingerprint density at radius 1 is 1.33 bits per heavy atom. The predicted octanol–water partition coefficient (Wildman–Crippen LogP) is 1.84. The van der Waals surface area contributed by atoms with Crippen LogP contribution in [0.3, 0.4) is 0 Å². The van der Waals surface area contributed by atoms with Crippen LogP contribution in [-0.4, -0.2) is 54.4 Å². The largest absolute Gasteiger partial charge is 0.481 e. The molecule has 0 aromatic rings. The lowest BCUT2D eigenvalue weighted by Crippen LogP contribution is -2.53. The van der Waals surface area contributed by atoms with Gasteiger partial charge in [0, 0.05) is 33.2 Å². The number of carbonyl (C=O) groups excluding carboxylic acids is 1. The van der Waals surface area contributed by atoms with Gasteiger partial charge in [-0.15, -0.1) is 0 Å². The summed E-state index contributed by atoms with van der Waals surface area (Å²) in [6.45, 7) is 2.02. The monoisotopic (exact) mass is 298 g/mol. The summed E-state index contributed by atoms with van der Waals surface area (Å²) in [5.41, 5.74) is -0.143. The van der Waals surface area contributed by atoms with Crippen molar-refractivity contribution in [1.82, 2.24) is 10.2 Å². The van der Waals surface area contributed by atoms with Gasteiger partial charge in [0.2, 0.25) is 0 Å². The smallest absolute Gasteiger partial charge is 0.317 e. The van der Waals surface area contributed by atoms with Crippen LogP contribution < -0.4 is 5.32 Å². The second-order valence-electron chi connectivity index (χ2n) is 6.26. The maximum atomic E-state index is 12.1. The van der Waals surface area contributed by atoms with Gasteiger partial charge < -0.3 is 20.1 Å². The highest BCUT2D eigenvalue weighted by atomic mass is 16.5. The van der Waals surface area contributed by atoms with Crippen LogP contribution in [0.5, 0.6) is 0 Å². The van der Waals surface area contributed by atoms with Crippen molar-refractivity contribution in [2.75, 3.05) is 26.7 Å². The van der Waals surface area contributed by atoms with Crippen LogP contribution >= 0.6 is 0 Å². The lowest BCUT2D eigenvalue weighted by molar-refractivity contribution is -0.137. The third-order valence-electron chi connectivity index (χ3n) is 4.93. The lowest BCUT2D eigenvalue weighted by atomic mass is 9.80. The summed E-state index contributed by atoms with van der Waals surface area (Å²) in [6.07, 6.45) is 5.94. The minimum Gasteiger partial charge on any atom is -0.481 e. The topological polar surface area (TPSA) is 78.9 Å². The van der Waals surface area contributed by atoms with Crippen molar-refractivity contribution >= 4 is 12.0 Å². The average molecular weight is 298 g/mol. The van der Waals surface area contributed by atoms with E-state index in [4.69, 9.17) is 9.84 Å². The predicted molar refractivity (Wildman–Crippen MR) is 78.2 cm³/mol. The minimum absolute atomic E-state index is 0.0185. The third-order valence-corrected chi connectivity index (χ3v) is 4.93. The summed E-state index contributed by atoms with van der Waals surface area (Å²) >= 11 is 0. The Morgan fingerprint density at radius 3 is 2.48 bits per heavy atom. The number of carbonyl (C=O) groups is 2. The summed E-state index contributed by atoms with van der Waals surface area (Å²) in [5.74, 6) is -0.303. The number of urea groups is 1. The van der Waals surface area contributed by atoms with Crippen molar-refractivity contribution in [2.24, 2.45) is 5.92 Å². The number of rotatable bonds is 6. The fourth-order valence-corrected chi connectivity index (χ4v) is 3.13. The number of carboxylic acids is 1. The molecule has 1 heterocycles. The standard InChI is InChI=1S/C15H26N2O4/c1-21-15(7-2-8-15)11-16-14(20)17-9-5-12(6-10-17)3-4-13(18)19/h12H,2-11H2,1H3,(H,16,20)(H,18,19). The number of aliphatic carboxylic acids is 1. The van der Waals surface area contributed by atoms with Crippen molar-refractivity contribution in [2.45, 2.75) is 50.5 Å². The second kappa shape index (κ2) is 7.11. The number of ether oxygens (including phenoxy) is 1. The van der Waals surface area contributed by atoms with Gasteiger partial charge in [-0.2, -0.15) is 0 Å². The van der Waals surface area contributed by atoms with Gasteiger partial charge in [0.05, 0.1) is 5.60 Å². The maximum absolute atomic E-state index is 12.1. The van der Waals surface area contributed by atoms with Gasteiger partial charge >= 0.3 is 12.0 Å². The second-order valence-corrected chi connectivity index (χ2v) is 6.26. The van der Waals surface area contributed by atoms with E-state index in [1.807, 2.05) is 4.90 Å². The quantitative estimate of drug-likeness (QED) is 0.784. The normalized spacial score (nSPS) is 21.7. The molecule has 2 aliphatic rings. The van der Waals surface area contributed by atoms with Crippen LogP contribution in [0.4, 0.5) is 4.79 Å². The molecule has 0 atom stereocenters. The zero-order valence-electron chi connectivity index (χ0n) is 12.8. The van der Waals surface area contributed by atoms with Crippen LogP contribution in [0.1, 0.15) is 44.9 Å². The Labute approximate surface area is 125 Å². The third kappa shape index (κ3) is 4.33. The minimum atomic E-state index is -0.736. The van der Waals surface area contributed by atoms with E-state index >= 15 is 0 Å². The van der Waals surface area contributed by atoms with Crippen LogP contribution in [0.15, 0.2) is 0 Å². The van der Waals surface area contributed by atoms with E-state index < -0.39 is 5.97 Å². The molecule has 0 spiro atoms. The first-order chi connectivity index (χ1) is 10.0. The summed E-state index contributed by atoms with van der Waals surface area (Å²) < 4.78 is 5.49. The molecule has 1 saturated carbocycles. The molecule has 0 aromatic heterocycles. The average Bonchev–Trinajstić information content (AvgIpc) is 2.44. The van der Waals surface area contributed by atoms with E-state index in [1.165, 1.54) is 6.42 Å². The molecule has 2 amide bonds. The summed E-state index contributed by atoms with van der Waals surface area (Å²) in [7, 11) is 1.71. The van der Waals surface area contributed by atoms with Gasteiger partial charge in [0.15, 0.2) is 0 Å². The molecule has 1 aliphatic carbocycles. The summed E-state index contributed by atoms with van der Waals surface area (Å²) in [6, 6.07) is -0.0185. The number of nitrogens with zero attached hydrogens (tertiary/aromatic N) is 1. The van der Waals surface area contributed by atoms with E-state index in [0.29, 0.717) is 12.5 Å². The number of amides is 2. The van der Waals surface area contributed by atoms with Crippen molar-refractivity contribution < 1.29 is 19.4 Å². The fourth-order valence-electron chi connectivity index (χ4n) is 3.13. The zero-order chi connectivity index (χ0) is 15.3. The molecule has 1 saturated heterocycles. The first-order valence-electron chi connectivity index (χ1n) is 7.84. The molecule has 1 aliphatic heterocycles. The zero-order valence-corrected chi connectivity index (χ0v) is 12.8. The van der Waals surface area contributed by atoms with E-state index in [-0.39, 0.29) is 18.1 Å². The number of hydrogen-bond donors (Lipinski definition) is 2. The summed E-state index contributed by atoms with van der Waals surface area (Å²) in [5, 5.41) is 11.7. The molecule has 2 rings (SSSR count). The number of likely N-dealkylation sites (tertiary alicyclic amines) is 1. The molecule has 0 aromatic carbocycles. The molecule has 2 fully saturated rings. The molecule has 6 nitrogen and oxygen atoms in total. The van der Waals surface area contributed by atoms with Crippen LogP contribution in [0.25, 0.3) is 0 Å². The molecule has 21 heavy (non-hydrogen) atoms. The molecule has 0 radical (unpaired) electrons.